The summed E-state index contributed by atoms with van der Waals surface area (Å²) in [4.78, 5) is 42.6. The molecule has 0 radical (unpaired) electrons. The number of nitrogens with zero attached hydrogens (tertiary/aromatic N) is 2. The van der Waals surface area contributed by atoms with E-state index in [0.29, 0.717) is 12.8 Å². The first kappa shape index (κ1) is 20.7. The van der Waals surface area contributed by atoms with E-state index in [1.165, 1.54) is 9.47 Å². The highest BCUT2D eigenvalue weighted by Crippen LogP contribution is 2.43. The number of nitrogens with one attached hydrogen (secondary N) is 1. The number of aromatic nitrogens is 2. The van der Waals surface area contributed by atoms with Crippen molar-refractivity contribution < 1.29 is 4.79 Å². The van der Waals surface area contributed by atoms with Gasteiger partial charge in [0, 0.05) is 7.05 Å². The van der Waals surface area contributed by atoms with Gasteiger partial charge in [-0.25, -0.2) is 4.79 Å². The first-order chi connectivity index (χ1) is 14.9. The van der Waals surface area contributed by atoms with Crippen LogP contribution in [0.1, 0.15) is 36.8 Å². The van der Waals surface area contributed by atoms with Crippen LogP contribution in [0.5, 0.6) is 0 Å². The minimum Gasteiger partial charge on any atom is -0.383 e. The predicted octanol–water partition coefficient (Wildman–Crippen LogP) is 2.64. The molecule has 0 bridgehead atoms. The number of nitrogen functional groups attached to an aromatic ring is 1. The molecule has 7 heteroatoms. The summed E-state index contributed by atoms with van der Waals surface area (Å²) in [7, 11) is 1.56. The Hall–Kier alpha value is -3.61. The Morgan fingerprint density at radius 1 is 1.03 bits per heavy atom. The second-order valence-corrected chi connectivity index (χ2v) is 8.08. The van der Waals surface area contributed by atoms with Crippen LogP contribution in [-0.4, -0.2) is 22.5 Å². The molecule has 0 atom stereocenters. The lowest BCUT2D eigenvalue weighted by atomic mass is 9.77. The van der Waals surface area contributed by atoms with Crippen molar-refractivity contribution in [3.05, 3.63) is 92.6 Å². The van der Waals surface area contributed by atoms with Gasteiger partial charge in [-0.1, -0.05) is 73.5 Å². The minimum atomic E-state index is -0.699. The van der Waals surface area contributed by atoms with Gasteiger partial charge >= 0.3 is 5.69 Å². The van der Waals surface area contributed by atoms with Gasteiger partial charge in [-0.15, -0.1) is 0 Å². The molecule has 2 aromatic carbocycles. The molecule has 31 heavy (non-hydrogen) atoms. The molecule has 3 aromatic rings. The zero-order chi connectivity index (χ0) is 22.0. The number of H-pyrrole nitrogens is 1. The lowest BCUT2D eigenvalue weighted by Crippen LogP contribution is -2.47. The van der Waals surface area contributed by atoms with Crippen molar-refractivity contribution in [3.8, 4) is 0 Å². The van der Waals surface area contributed by atoms with Crippen molar-refractivity contribution in [3.63, 3.8) is 0 Å². The normalized spacial score (nSPS) is 15.0. The SMILES string of the molecule is CN(C(=O)C1(c2ccccc2)CCCC1)c1c(N)n(Cc2ccccc2)c(=O)[nH]c1=O. The summed E-state index contributed by atoms with van der Waals surface area (Å²) >= 11 is 0. The van der Waals surface area contributed by atoms with E-state index in [9.17, 15) is 14.4 Å². The van der Waals surface area contributed by atoms with Crippen molar-refractivity contribution in [2.75, 3.05) is 17.7 Å². The molecule has 0 unspecified atom stereocenters. The van der Waals surface area contributed by atoms with Gasteiger partial charge in [-0.05, 0) is 24.0 Å². The average molecular weight is 418 g/mol. The number of carbonyl (C=O) groups excluding carboxylic acids is 1. The molecule has 4 rings (SSSR count). The Labute approximate surface area is 180 Å². The molecule has 7 nitrogen and oxygen atoms in total. The molecule has 1 aliphatic carbocycles. The maximum atomic E-state index is 13.8. The number of hydrogen-bond acceptors (Lipinski definition) is 4. The number of hydrogen-bond donors (Lipinski definition) is 2. The van der Waals surface area contributed by atoms with Gasteiger partial charge in [-0.2, -0.15) is 0 Å². The first-order valence-corrected chi connectivity index (χ1v) is 10.4. The monoisotopic (exact) mass is 418 g/mol. The van der Waals surface area contributed by atoms with Crippen LogP contribution in [0.15, 0.2) is 70.3 Å². The molecular formula is C24H26N4O3. The maximum Gasteiger partial charge on any atom is 0.330 e. The zero-order valence-electron chi connectivity index (χ0n) is 17.5. The number of rotatable bonds is 5. The van der Waals surface area contributed by atoms with E-state index in [2.05, 4.69) is 4.98 Å². The van der Waals surface area contributed by atoms with Gasteiger partial charge in [0.2, 0.25) is 5.91 Å². The van der Waals surface area contributed by atoms with E-state index in [1.54, 1.807) is 7.05 Å². The summed E-state index contributed by atoms with van der Waals surface area (Å²) in [6, 6.07) is 19.0. The van der Waals surface area contributed by atoms with E-state index in [1.807, 2.05) is 60.7 Å². The van der Waals surface area contributed by atoms with Gasteiger partial charge in [0.15, 0.2) is 5.69 Å². The summed E-state index contributed by atoms with van der Waals surface area (Å²) in [5.74, 6) is -0.201. The number of aromatic amines is 1. The Morgan fingerprint density at radius 2 is 1.61 bits per heavy atom. The fraction of sp³-hybridized carbons (Fsp3) is 0.292. The van der Waals surface area contributed by atoms with Crippen molar-refractivity contribution in [1.29, 1.82) is 0 Å². The fourth-order valence-corrected chi connectivity index (χ4v) is 4.61. The average Bonchev–Trinajstić information content (AvgIpc) is 3.28. The zero-order valence-corrected chi connectivity index (χ0v) is 17.5. The molecule has 1 saturated carbocycles. The summed E-state index contributed by atoms with van der Waals surface area (Å²) in [5.41, 5.74) is 6.14. The molecule has 3 N–H and O–H groups in total. The molecule has 1 fully saturated rings. The Balaban J connectivity index is 1.77. The van der Waals surface area contributed by atoms with E-state index < -0.39 is 16.7 Å². The molecule has 160 valence electrons. The van der Waals surface area contributed by atoms with Crippen molar-refractivity contribution in [2.45, 2.75) is 37.6 Å². The smallest absolute Gasteiger partial charge is 0.330 e. The molecule has 0 aliphatic heterocycles. The molecule has 0 saturated heterocycles. The summed E-state index contributed by atoms with van der Waals surface area (Å²) in [5, 5.41) is 0. The highest BCUT2D eigenvalue weighted by molar-refractivity contribution is 6.02. The van der Waals surface area contributed by atoms with Crippen LogP contribution in [-0.2, 0) is 16.8 Å². The molecular weight excluding hydrogens is 392 g/mol. The number of nitrogens with two attached hydrogens (primary N) is 1. The van der Waals surface area contributed by atoms with Crippen LogP contribution in [0.2, 0.25) is 0 Å². The van der Waals surface area contributed by atoms with Crippen molar-refractivity contribution >= 4 is 17.4 Å². The van der Waals surface area contributed by atoms with Gasteiger partial charge < -0.3 is 10.6 Å². The topological polar surface area (TPSA) is 101 Å². The van der Waals surface area contributed by atoms with E-state index in [0.717, 1.165) is 24.0 Å². The largest absolute Gasteiger partial charge is 0.383 e. The Morgan fingerprint density at radius 3 is 2.23 bits per heavy atom. The lowest BCUT2D eigenvalue weighted by molar-refractivity contribution is -0.123. The highest BCUT2D eigenvalue weighted by atomic mass is 16.2. The van der Waals surface area contributed by atoms with E-state index >= 15 is 0 Å². The molecule has 1 amide bonds. The molecule has 1 aliphatic rings. The Bertz CT molecular complexity index is 1190. The minimum absolute atomic E-state index is 0.00253. The quantitative estimate of drug-likeness (QED) is 0.665. The van der Waals surface area contributed by atoms with Crippen LogP contribution in [0, 0.1) is 0 Å². The third-order valence-electron chi connectivity index (χ3n) is 6.23. The standard InChI is InChI=1S/C24H26N4O3/c1-27(22(30)24(14-8-9-15-24)18-12-6-3-7-13-18)19-20(25)28(23(31)26-21(19)29)16-17-10-4-2-5-11-17/h2-7,10-13H,8-9,14-16,25H2,1H3,(H,26,29,31). The van der Waals surface area contributed by atoms with Crippen molar-refractivity contribution in [2.24, 2.45) is 0 Å². The number of anilines is 2. The second-order valence-electron chi connectivity index (χ2n) is 8.08. The number of likely N-dealkylation sites (N-methyl/N-ethyl adjacent to an activating group) is 1. The van der Waals surface area contributed by atoms with Gasteiger partial charge in [0.1, 0.15) is 5.82 Å². The van der Waals surface area contributed by atoms with Crippen LogP contribution < -0.4 is 21.9 Å². The fourth-order valence-electron chi connectivity index (χ4n) is 4.61. The first-order valence-electron chi connectivity index (χ1n) is 10.4. The number of amides is 1. The number of benzene rings is 2. The maximum absolute atomic E-state index is 13.8. The van der Waals surface area contributed by atoms with E-state index in [4.69, 9.17) is 5.73 Å². The second kappa shape index (κ2) is 8.26. The highest BCUT2D eigenvalue weighted by Gasteiger charge is 2.45. The molecule has 1 heterocycles. The molecule has 0 spiro atoms. The van der Waals surface area contributed by atoms with Gasteiger partial charge in [0.25, 0.3) is 5.56 Å². The number of carbonyl (C=O) groups is 1. The third kappa shape index (κ3) is 3.67. The van der Waals surface area contributed by atoms with Crippen LogP contribution in [0.25, 0.3) is 0 Å². The lowest BCUT2D eigenvalue weighted by Gasteiger charge is -2.33. The summed E-state index contributed by atoms with van der Waals surface area (Å²) in [6.07, 6.45) is 3.30. The van der Waals surface area contributed by atoms with Crippen LogP contribution in [0.3, 0.4) is 0 Å². The predicted molar refractivity (Wildman–Crippen MR) is 121 cm³/mol. The van der Waals surface area contributed by atoms with Crippen LogP contribution in [0.4, 0.5) is 11.5 Å². The van der Waals surface area contributed by atoms with Crippen molar-refractivity contribution in [1.82, 2.24) is 9.55 Å². The Kier molecular flexibility index (Phi) is 5.50. The van der Waals surface area contributed by atoms with Gasteiger partial charge in [-0.3, -0.25) is 19.1 Å². The van der Waals surface area contributed by atoms with Gasteiger partial charge in [0.05, 0.1) is 12.0 Å². The summed E-state index contributed by atoms with van der Waals surface area (Å²) < 4.78 is 1.29. The summed E-state index contributed by atoms with van der Waals surface area (Å²) in [6.45, 7) is 0.196. The van der Waals surface area contributed by atoms with E-state index in [-0.39, 0.29) is 24.0 Å². The molecule has 1 aromatic heterocycles. The van der Waals surface area contributed by atoms with Crippen LogP contribution >= 0.6 is 0 Å². The third-order valence-corrected chi connectivity index (χ3v) is 6.23.